The first kappa shape index (κ1) is 9.56. The molecule has 1 unspecified atom stereocenters. The summed E-state index contributed by atoms with van der Waals surface area (Å²) in [4.78, 5) is 0. The van der Waals surface area contributed by atoms with E-state index in [2.05, 4.69) is 29.9 Å². The van der Waals surface area contributed by atoms with E-state index < -0.39 is 0 Å². The molecule has 0 amide bonds. The van der Waals surface area contributed by atoms with Gasteiger partial charge in [-0.3, -0.25) is 0 Å². The summed E-state index contributed by atoms with van der Waals surface area (Å²) in [5, 5.41) is 5.56. The number of nitrogens with one attached hydrogen (secondary N) is 1. The fourth-order valence-electron chi connectivity index (χ4n) is 1.47. The largest absolute Gasteiger partial charge is 0.316 e. The monoisotopic (exact) mass is 213 g/mol. The quantitative estimate of drug-likeness (QED) is 0.755. The topological polar surface area (TPSA) is 12.0 Å². The Balaban J connectivity index is 1.77. The standard InChI is InChI=1S/C10H15NS2/c1-11-9(8-4-5-8)7-13-10-3-2-6-12-10/h2-3,6,8-9,11H,4-5,7H2,1H3. The van der Waals surface area contributed by atoms with E-state index in [-0.39, 0.29) is 0 Å². The van der Waals surface area contributed by atoms with E-state index >= 15 is 0 Å². The highest BCUT2D eigenvalue weighted by Gasteiger charge is 2.29. The molecule has 0 saturated heterocycles. The van der Waals surface area contributed by atoms with E-state index in [0.29, 0.717) is 0 Å². The SMILES string of the molecule is CNC(CSc1cccs1)C1CC1. The van der Waals surface area contributed by atoms with Crippen LogP contribution in [0.25, 0.3) is 0 Å². The van der Waals surface area contributed by atoms with E-state index in [0.717, 1.165) is 12.0 Å². The summed E-state index contributed by atoms with van der Waals surface area (Å²) in [6.45, 7) is 0. The van der Waals surface area contributed by atoms with Gasteiger partial charge in [0.1, 0.15) is 0 Å². The molecule has 1 aliphatic carbocycles. The fraction of sp³-hybridized carbons (Fsp3) is 0.600. The Morgan fingerprint density at radius 2 is 2.54 bits per heavy atom. The minimum absolute atomic E-state index is 0.729. The molecule has 1 atom stereocenters. The number of hydrogen-bond acceptors (Lipinski definition) is 3. The second-order valence-electron chi connectivity index (χ2n) is 3.48. The fourth-order valence-corrected chi connectivity index (χ4v) is 3.52. The Hall–Kier alpha value is 0.01000. The van der Waals surface area contributed by atoms with Gasteiger partial charge in [-0.1, -0.05) is 6.07 Å². The van der Waals surface area contributed by atoms with Crippen LogP contribution in [0.4, 0.5) is 0 Å². The molecule has 1 heterocycles. The van der Waals surface area contributed by atoms with E-state index in [1.54, 1.807) is 0 Å². The van der Waals surface area contributed by atoms with Gasteiger partial charge in [0, 0.05) is 11.8 Å². The average Bonchev–Trinajstić information content (AvgIpc) is 2.84. The lowest BCUT2D eigenvalue weighted by Crippen LogP contribution is -2.29. The molecule has 0 aliphatic heterocycles. The second-order valence-corrected chi connectivity index (χ2v) is 5.74. The van der Waals surface area contributed by atoms with Crippen LogP contribution in [-0.2, 0) is 0 Å². The van der Waals surface area contributed by atoms with Crippen LogP contribution in [0, 0.1) is 5.92 Å². The lowest BCUT2D eigenvalue weighted by atomic mass is 10.2. The van der Waals surface area contributed by atoms with Crippen molar-refractivity contribution in [3.8, 4) is 0 Å². The third-order valence-electron chi connectivity index (χ3n) is 2.46. The van der Waals surface area contributed by atoms with E-state index in [9.17, 15) is 0 Å². The molecule has 1 saturated carbocycles. The maximum Gasteiger partial charge on any atom is 0.0599 e. The highest BCUT2D eigenvalue weighted by molar-refractivity contribution is 8.01. The zero-order chi connectivity index (χ0) is 9.10. The molecule has 72 valence electrons. The predicted molar refractivity (Wildman–Crippen MR) is 60.6 cm³/mol. The van der Waals surface area contributed by atoms with Crippen LogP contribution in [0.1, 0.15) is 12.8 Å². The van der Waals surface area contributed by atoms with Crippen molar-refractivity contribution < 1.29 is 0 Å². The molecule has 0 spiro atoms. The first-order valence-electron chi connectivity index (χ1n) is 4.73. The first-order valence-corrected chi connectivity index (χ1v) is 6.60. The van der Waals surface area contributed by atoms with Crippen LogP contribution in [-0.4, -0.2) is 18.8 Å². The summed E-state index contributed by atoms with van der Waals surface area (Å²) in [5.74, 6) is 2.18. The molecule has 0 radical (unpaired) electrons. The Labute approximate surface area is 87.9 Å². The summed E-state index contributed by atoms with van der Waals surface area (Å²) in [6.07, 6.45) is 2.85. The minimum Gasteiger partial charge on any atom is -0.316 e. The van der Waals surface area contributed by atoms with Crippen LogP contribution in [0.3, 0.4) is 0 Å². The lowest BCUT2D eigenvalue weighted by Gasteiger charge is -2.13. The van der Waals surface area contributed by atoms with Gasteiger partial charge < -0.3 is 5.32 Å². The Bertz CT molecular complexity index is 241. The number of rotatable bonds is 5. The van der Waals surface area contributed by atoms with Crippen LogP contribution >= 0.6 is 23.1 Å². The third kappa shape index (κ3) is 2.73. The van der Waals surface area contributed by atoms with Crippen molar-refractivity contribution >= 4 is 23.1 Å². The Morgan fingerprint density at radius 1 is 1.69 bits per heavy atom. The van der Waals surface area contributed by atoms with Gasteiger partial charge in [-0.05, 0) is 37.3 Å². The van der Waals surface area contributed by atoms with Gasteiger partial charge in [0.05, 0.1) is 4.21 Å². The van der Waals surface area contributed by atoms with E-state index in [4.69, 9.17) is 0 Å². The van der Waals surface area contributed by atoms with Gasteiger partial charge in [-0.15, -0.1) is 23.1 Å². The first-order chi connectivity index (χ1) is 6.40. The molecule has 3 heteroatoms. The second kappa shape index (κ2) is 4.49. The van der Waals surface area contributed by atoms with Crippen molar-refractivity contribution in [2.75, 3.05) is 12.8 Å². The van der Waals surface area contributed by atoms with E-state index in [1.807, 2.05) is 23.1 Å². The smallest absolute Gasteiger partial charge is 0.0599 e. The van der Waals surface area contributed by atoms with Gasteiger partial charge in [0.15, 0.2) is 0 Å². The zero-order valence-electron chi connectivity index (χ0n) is 7.82. The maximum atomic E-state index is 3.41. The maximum absolute atomic E-state index is 3.41. The summed E-state index contributed by atoms with van der Waals surface area (Å²) >= 11 is 3.83. The molecule has 13 heavy (non-hydrogen) atoms. The highest BCUT2D eigenvalue weighted by Crippen LogP contribution is 2.35. The molecular formula is C10H15NS2. The van der Waals surface area contributed by atoms with Gasteiger partial charge >= 0.3 is 0 Å². The molecule has 1 aliphatic rings. The minimum atomic E-state index is 0.729. The summed E-state index contributed by atoms with van der Waals surface area (Å²) in [5.41, 5.74) is 0. The molecular weight excluding hydrogens is 198 g/mol. The van der Waals surface area contributed by atoms with Crippen molar-refractivity contribution in [1.29, 1.82) is 0 Å². The molecule has 1 nitrogen and oxygen atoms in total. The van der Waals surface area contributed by atoms with Crippen molar-refractivity contribution in [1.82, 2.24) is 5.32 Å². The molecule has 0 aromatic carbocycles. The van der Waals surface area contributed by atoms with E-state index in [1.165, 1.54) is 22.8 Å². The van der Waals surface area contributed by atoms with Crippen LogP contribution < -0.4 is 5.32 Å². The number of hydrogen-bond donors (Lipinski definition) is 1. The average molecular weight is 213 g/mol. The van der Waals surface area contributed by atoms with Crippen LogP contribution in [0.5, 0.6) is 0 Å². The third-order valence-corrected chi connectivity index (χ3v) is 4.71. The molecule has 1 aromatic rings. The normalized spacial score (nSPS) is 18.8. The van der Waals surface area contributed by atoms with Gasteiger partial charge in [-0.25, -0.2) is 0 Å². The number of thiophene rings is 1. The predicted octanol–water partition coefficient (Wildman–Crippen LogP) is 2.84. The Kier molecular flexibility index (Phi) is 3.30. The van der Waals surface area contributed by atoms with Crippen molar-refractivity contribution in [2.45, 2.75) is 23.1 Å². The van der Waals surface area contributed by atoms with Gasteiger partial charge in [0.25, 0.3) is 0 Å². The van der Waals surface area contributed by atoms with Crippen molar-refractivity contribution in [3.63, 3.8) is 0 Å². The summed E-state index contributed by atoms with van der Waals surface area (Å²) in [6, 6.07) is 5.06. The number of thioether (sulfide) groups is 1. The molecule has 0 bridgehead atoms. The molecule has 2 rings (SSSR count). The van der Waals surface area contributed by atoms with Gasteiger partial charge in [0.2, 0.25) is 0 Å². The van der Waals surface area contributed by atoms with Crippen molar-refractivity contribution in [3.05, 3.63) is 17.5 Å². The molecule has 1 aromatic heterocycles. The Morgan fingerprint density at radius 3 is 3.08 bits per heavy atom. The zero-order valence-corrected chi connectivity index (χ0v) is 9.46. The summed E-state index contributed by atoms with van der Waals surface area (Å²) < 4.78 is 1.45. The molecule has 1 fully saturated rings. The highest BCUT2D eigenvalue weighted by atomic mass is 32.2. The molecule has 1 N–H and O–H groups in total. The van der Waals surface area contributed by atoms with Crippen molar-refractivity contribution in [2.24, 2.45) is 5.92 Å². The lowest BCUT2D eigenvalue weighted by molar-refractivity contribution is 0.554. The van der Waals surface area contributed by atoms with Crippen LogP contribution in [0.15, 0.2) is 21.7 Å². The van der Waals surface area contributed by atoms with Crippen LogP contribution in [0.2, 0.25) is 0 Å². The summed E-state index contributed by atoms with van der Waals surface area (Å²) in [7, 11) is 2.08. The van der Waals surface area contributed by atoms with Gasteiger partial charge in [-0.2, -0.15) is 0 Å².